The van der Waals surface area contributed by atoms with Gasteiger partial charge in [0.1, 0.15) is 0 Å². The number of aliphatic hydroxyl groups is 1. The van der Waals surface area contributed by atoms with Crippen LogP contribution in [-0.2, 0) is 9.53 Å². The van der Waals surface area contributed by atoms with Gasteiger partial charge in [-0.25, -0.2) is 4.79 Å². The number of carbonyl (C=O) groups excluding carboxylic acids is 1. The molecule has 0 spiro atoms. The van der Waals surface area contributed by atoms with Crippen molar-refractivity contribution in [1.82, 2.24) is 9.80 Å². The smallest absolute Gasteiger partial charge is 0.320 e. The fourth-order valence-corrected chi connectivity index (χ4v) is 1.81. The van der Waals surface area contributed by atoms with E-state index in [1.165, 1.54) is 16.9 Å². The molecular formula is C12H24N2O5. The minimum absolute atomic E-state index is 0.100. The molecule has 0 heterocycles. The van der Waals surface area contributed by atoms with Crippen LogP contribution in [0.3, 0.4) is 0 Å². The molecule has 0 rings (SSSR count). The Kier molecular flexibility index (Phi) is 8.90. The number of carboxylic acid groups (broad SMARTS) is 1. The summed E-state index contributed by atoms with van der Waals surface area (Å²) in [5.74, 6) is -0.940. The molecule has 0 fully saturated rings. The standard InChI is InChI=1S/C12H24N2O5/c1-4-14(10(2)9-11(16)17)12(18)13(5-7-15)6-8-19-3/h10,15H,4-9H2,1-3H3,(H,16,17). The van der Waals surface area contributed by atoms with Crippen molar-refractivity contribution in [2.75, 3.05) is 40.0 Å². The predicted molar refractivity (Wildman–Crippen MR) is 70.0 cm³/mol. The highest BCUT2D eigenvalue weighted by molar-refractivity contribution is 5.76. The Balaban J connectivity index is 4.69. The number of rotatable bonds is 9. The maximum Gasteiger partial charge on any atom is 0.320 e. The highest BCUT2D eigenvalue weighted by atomic mass is 16.5. The number of aliphatic hydroxyl groups excluding tert-OH is 1. The maximum absolute atomic E-state index is 12.3. The summed E-state index contributed by atoms with van der Waals surface area (Å²) >= 11 is 0. The third-order valence-electron chi connectivity index (χ3n) is 2.79. The quantitative estimate of drug-likeness (QED) is 0.629. The van der Waals surface area contributed by atoms with Crippen LogP contribution < -0.4 is 0 Å². The zero-order chi connectivity index (χ0) is 14.8. The van der Waals surface area contributed by atoms with E-state index < -0.39 is 12.0 Å². The number of carbonyl (C=O) groups is 2. The fourth-order valence-electron chi connectivity index (χ4n) is 1.81. The van der Waals surface area contributed by atoms with Gasteiger partial charge >= 0.3 is 12.0 Å². The number of urea groups is 1. The molecule has 2 amide bonds. The van der Waals surface area contributed by atoms with E-state index in [4.69, 9.17) is 14.9 Å². The summed E-state index contributed by atoms with van der Waals surface area (Å²) in [5.41, 5.74) is 0. The summed E-state index contributed by atoms with van der Waals surface area (Å²) in [7, 11) is 1.53. The summed E-state index contributed by atoms with van der Waals surface area (Å²) in [6.07, 6.45) is -0.100. The van der Waals surface area contributed by atoms with Gasteiger partial charge in [-0.1, -0.05) is 0 Å². The number of methoxy groups -OCH3 is 1. The SMILES string of the molecule is CCN(C(=O)N(CCO)CCOC)C(C)CC(=O)O. The Morgan fingerprint density at radius 3 is 2.37 bits per heavy atom. The first-order valence-corrected chi connectivity index (χ1v) is 6.35. The van der Waals surface area contributed by atoms with E-state index in [1.807, 2.05) is 0 Å². The molecule has 0 aliphatic rings. The summed E-state index contributed by atoms with van der Waals surface area (Å²) in [6, 6.07) is -0.666. The molecule has 19 heavy (non-hydrogen) atoms. The van der Waals surface area contributed by atoms with Crippen molar-refractivity contribution >= 4 is 12.0 Å². The first-order chi connectivity index (χ1) is 8.97. The lowest BCUT2D eigenvalue weighted by atomic mass is 10.2. The van der Waals surface area contributed by atoms with Crippen LogP contribution in [0.15, 0.2) is 0 Å². The van der Waals surface area contributed by atoms with Crippen molar-refractivity contribution in [3.8, 4) is 0 Å². The number of nitrogens with zero attached hydrogens (tertiary/aromatic N) is 2. The topological polar surface area (TPSA) is 90.3 Å². The molecule has 0 saturated carbocycles. The van der Waals surface area contributed by atoms with E-state index in [0.717, 1.165) is 0 Å². The monoisotopic (exact) mass is 276 g/mol. The summed E-state index contributed by atoms with van der Waals surface area (Å²) in [6.45, 7) is 4.72. The average Bonchev–Trinajstić information content (AvgIpc) is 2.34. The maximum atomic E-state index is 12.3. The summed E-state index contributed by atoms with van der Waals surface area (Å²) in [5, 5.41) is 17.8. The number of ether oxygens (including phenoxy) is 1. The van der Waals surface area contributed by atoms with Crippen LogP contribution in [0.25, 0.3) is 0 Å². The van der Waals surface area contributed by atoms with Gasteiger partial charge in [0, 0.05) is 32.8 Å². The van der Waals surface area contributed by atoms with Gasteiger partial charge in [-0.05, 0) is 13.8 Å². The Labute approximate surface area is 113 Å². The minimum Gasteiger partial charge on any atom is -0.481 e. The Morgan fingerprint density at radius 2 is 1.95 bits per heavy atom. The molecule has 0 aromatic rings. The Morgan fingerprint density at radius 1 is 1.32 bits per heavy atom. The highest BCUT2D eigenvalue weighted by Crippen LogP contribution is 2.08. The van der Waals surface area contributed by atoms with Crippen LogP contribution in [-0.4, -0.2) is 78.0 Å². The second kappa shape index (κ2) is 9.57. The minimum atomic E-state index is -0.940. The molecule has 0 aromatic heterocycles. The fraction of sp³-hybridized carbons (Fsp3) is 0.833. The number of carboxylic acids is 1. The van der Waals surface area contributed by atoms with Gasteiger partial charge in [0.15, 0.2) is 0 Å². The largest absolute Gasteiger partial charge is 0.481 e. The molecule has 0 aromatic carbocycles. The van der Waals surface area contributed by atoms with Crippen LogP contribution in [0.2, 0.25) is 0 Å². The molecule has 1 unspecified atom stereocenters. The first-order valence-electron chi connectivity index (χ1n) is 6.35. The zero-order valence-corrected chi connectivity index (χ0v) is 11.8. The van der Waals surface area contributed by atoms with E-state index >= 15 is 0 Å². The lowest BCUT2D eigenvalue weighted by Gasteiger charge is -2.33. The van der Waals surface area contributed by atoms with Crippen molar-refractivity contribution in [1.29, 1.82) is 0 Å². The van der Waals surface area contributed by atoms with Gasteiger partial charge < -0.3 is 24.7 Å². The van der Waals surface area contributed by atoms with Gasteiger partial charge in [0.05, 0.1) is 19.6 Å². The molecule has 0 saturated heterocycles. The van der Waals surface area contributed by atoms with E-state index in [2.05, 4.69) is 0 Å². The zero-order valence-electron chi connectivity index (χ0n) is 11.8. The number of aliphatic carboxylic acids is 1. The second-order valence-corrected chi connectivity index (χ2v) is 4.22. The van der Waals surface area contributed by atoms with Crippen molar-refractivity contribution in [2.45, 2.75) is 26.3 Å². The normalized spacial score (nSPS) is 12.0. The van der Waals surface area contributed by atoms with Crippen LogP contribution in [0.1, 0.15) is 20.3 Å². The van der Waals surface area contributed by atoms with Gasteiger partial charge in [-0.3, -0.25) is 4.79 Å². The molecule has 112 valence electrons. The Bertz CT molecular complexity index is 285. The molecule has 2 N–H and O–H groups in total. The van der Waals surface area contributed by atoms with Gasteiger partial charge in [-0.2, -0.15) is 0 Å². The third-order valence-corrected chi connectivity index (χ3v) is 2.79. The molecule has 0 radical (unpaired) electrons. The third kappa shape index (κ3) is 6.40. The van der Waals surface area contributed by atoms with Crippen molar-refractivity contribution < 1.29 is 24.5 Å². The van der Waals surface area contributed by atoms with E-state index in [-0.39, 0.29) is 25.6 Å². The molecule has 0 aliphatic heterocycles. The van der Waals surface area contributed by atoms with E-state index in [9.17, 15) is 9.59 Å². The molecule has 1 atom stereocenters. The van der Waals surface area contributed by atoms with Gasteiger partial charge in [0.2, 0.25) is 0 Å². The lowest BCUT2D eigenvalue weighted by Crippen LogP contribution is -2.49. The van der Waals surface area contributed by atoms with Crippen LogP contribution in [0.5, 0.6) is 0 Å². The predicted octanol–water partition coefficient (Wildman–Crippen LogP) is 0.232. The van der Waals surface area contributed by atoms with E-state index in [1.54, 1.807) is 13.8 Å². The Hall–Kier alpha value is -1.34. The van der Waals surface area contributed by atoms with Crippen molar-refractivity contribution in [2.24, 2.45) is 0 Å². The molecular weight excluding hydrogens is 252 g/mol. The van der Waals surface area contributed by atoms with Crippen molar-refractivity contribution in [3.63, 3.8) is 0 Å². The van der Waals surface area contributed by atoms with Gasteiger partial charge in [0.25, 0.3) is 0 Å². The summed E-state index contributed by atoms with van der Waals surface area (Å²) < 4.78 is 4.92. The lowest BCUT2D eigenvalue weighted by molar-refractivity contribution is -0.138. The number of hydrogen-bond donors (Lipinski definition) is 2. The second-order valence-electron chi connectivity index (χ2n) is 4.22. The highest BCUT2D eigenvalue weighted by Gasteiger charge is 2.24. The van der Waals surface area contributed by atoms with Crippen molar-refractivity contribution in [3.05, 3.63) is 0 Å². The number of hydrogen-bond acceptors (Lipinski definition) is 4. The van der Waals surface area contributed by atoms with E-state index in [0.29, 0.717) is 19.7 Å². The first kappa shape index (κ1) is 17.7. The summed E-state index contributed by atoms with van der Waals surface area (Å²) in [4.78, 5) is 25.9. The van der Waals surface area contributed by atoms with Gasteiger partial charge in [-0.15, -0.1) is 0 Å². The molecule has 7 nitrogen and oxygen atoms in total. The molecule has 0 aliphatic carbocycles. The number of amides is 2. The molecule has 0 bridgehead atoms. The van der Waals surface area contributed by atoms with Crippen LogP contribution >= 0.6 is 0 Å². The molecule has 7 heteroatoms. The average molecular weight is 276 g/mol. The van der Waals surface area contributed by atoms with Crippen LogP contribution in [0, 0.1) is 0 Å². The van der Waals surface area contributed by atoms with Crippen LogP contribution in [0.4, 0.5) is 4.79 Å².